The zero-order valence-corrected chi connectivity index (χ0v) is 12.6. The first kappa shape index (κ1) is 15.1. The van der Waals surface area contributed by atoms with E-state index in [4.69, 9.17) is 21.4 Å². The number of hydrogen-bond acceptors (Lipinski definition) is 3. The number of pyridine rings is 1. The van der Waals surface area contributed by atoms with Crippen LogP contribution in [0.25, 0.3) is 0 Å². The van der Waals surface area contributed by atoms with E-state index in [1.807, 2.05) is 6.92 Å². The molecule has 1 heterocycles. The molecular weight excluding hydrogens is 278 g/mol. The van der Waals surface area contributed by atoms with Crippen molar-refractivity contribution in [1.29, 1.82) is 0 Å². The number of aromatic nitrogens is 1. The van der Waals surface area contributed by atoms with Crippen LogP contribution in [0.4, 0.5) is 0 Å². The van der Waals surface area contributed by atoms with Crippen LogP contribution < -0.4 is 4.74 Å². The number of aryl methyl sites for hydroxylation is 1. The van der Waals surface area contributed by atoms with Crippen molar-refractivity contribution in [3.8, 4) is 5.75 Å². The first-order valence-corrected chi connectivity index (χ1v) is 7.37. The third-order valence-corrected chi connectivity index (χ3v) is 4.60. The Kier molecular flexibility index (Phi) is 4.86. The highest BCUT2D eigenvalue weighted by Crippen LogP contribution is 2.34. The van der Waals surface area contributed by atoms with Crippen LogP contribution in [0.15, 0.2) is 12.3 Å². The van der Waals surface area contributed by atoms with Crippen LogP contribution in [-0.4, -0.2) is 22.2 Å². The summed E-state index contributed by atoms with van der Waals surface area (Å²) in [5.74, 6) is -0.0548. The highest BCUT2D eigenvalue weighted by molar-refractivity contribution is 6.32. The molecule has 20 heavy (non-hydrogen) atoms. The molecule has 1 unspecified atom stereocenters. The number of hydrogen-bond donors (Lipinski definition) is 1. The normalized spacial score (nSPS) is 24.1. The Hall–Kier alpha value is -1.29. The molecule has 0 saturated heterocycles. The molecule has 4 nitrogen and oxygen atoms in total. The average molecular weight is 298 g/mol. The maximum atomic E-state index is 11.0. The van der Waals surface area contributed by atoms with Crippen LogP contribution in [0.3, 0.4) is 0 Å². The maximum absolute atomic E-state index is 11.0. The summed E-state index contributed by atoms with van der Waals surface area (Å²) in [6.07, 6.45) is 5.33. The molecule has 0 aliphatic heterocycles. The molecule has 0 spiro atoms. The summed E-state index contributed by atoms with van der Waals surface area (Å²) in [4.78, 5) is 15.1. The van der Waals surface area contributed by atoms with Crippen molar-refractivity contribution in [2.45, 2.75) is 45.6 Å². The van der Waals surface area contributed by atoms with E-state index in [1.165, 1.54) is 0 Å². The molecule has 1 aliphatic rings. The van der Waals surface area contributed by atoms with Crippen LogP contribution in [0.1, 0.15) is 38.3 Å². The molecule has 5 heteroatoms. The van der Waals surface area contributed by atoms with Gasteiger partial charge in [-0.05, 0) is 38.5 Å². The van der Waals surface area contributed by atoms with Gasteiger partial charge in [0.2, 0.25) is 0 Å². The molecule has 1 N–H and O–H groups in total. The lowest BCUT2D eigenvalue weighted by Crippen LogP contribution is -2.30. The summed E-state index contributed by atoms with van der Waals surface area (Å²) in [7, 11) is 0. The fourth-order valence-electron chi connectivity index (χ4n) is 2.70. The fraction of sp³-hybridized carbons (Fsp3) is 0.600. The van der Waals surface area contributed by atoms with E-state index in [9.17, 15) is 4.79 Å². The van der Waals surface area contributed by atoms with Gasteiger partial charge in [-0.1, -0.05) is 18.5 Å². The van der Waals surface area contributed by atoms with Crippen molar-refractivity contribution in [2.24, 2.45) is 11.8 Å². The van der Waals surface area contributed by atoms with Gasteiger partial charge in [-0.3, -0.25) is 9.78 Å². The summed E-state index contributed by atoms with van der Waals surface area (Å²) in [5, 5.41) is 9.61. The molecule has 1 aromatic heterocycles. The smallest absolute Gasteiger partial charge is 0.306 e. The van der Waals surface area contributed by atoms with Crippen molar-refractivity contribution < 1.29 is 14.6 Å². The third-order valence-electron chi connectivity index (χ3n) is 4.14. The second kappa shape index (κ2) is 6.44. The maximum Gasteiger partial charge on any atom is 0.306 e. The molecule has 0 amide bonds. The third kappa shape index (κ3) is 3.42. The van der Waals surface area contributed by atoms with Crippen molar-refractivity contribution in [3.63, 3.8) is 0 Å². The highest BCUT2D eigenvalue weighted by atomic mass is 35.5. The van der Waals surface area contributed by atoms with Gasteiger partial charge in [0.1, 0.15) is 10.8 Å². The number of carbonyl (C=O) groups is 1. The summed E-state index contributed by atoms with van der Waals surface area (Å²) in [5.41, 5.74) is 0.761. The molecule has 1 aliphatic carbocycles. The molecular formula is C15H20ClNO3. The monoisotopic (exact) mass is 297 g/mol. The number of aliphatic carboxylic acids is 1. The Morgan fingerprint density at radius 1 is 1.45 bits per heavy atom. The highest BCUT2D eigenvalue weighted by Gasteiger charge is 2.29. The molecule has 0 radical (unpaired) electrons. The van der Waals surface area contributed by atoms with Crippen LogP contribution in [0.5, 0.6) is 5.75 Å². The Labute approximate surface area is 124 Å². The number of carboxylic acids is 1. The Bertz CT molecular complexity index is 484. The van der Waals surface area contributed by atoms with E-state index >= 15 is 0 Å². The van der Waals surface area contributed by atoms with Gasteiger partial charge >= 0.3 is 5.97 Å². The Morgan fingerprint density at radius 3 is 2.70 bits per heavy atom. The van der Waals surface area contributed by atoms with E-state index in [1.54, 1.807) is 19.2 Å². The van der Waals surface area contributed by atoms with Gasteiger partial charge in [0.15, 0.2) is 0 Å². The second-order valence-electron chi connectivity index (χ2n) is 5.49. The minimum atomic E-state index is -0.706. The van der Waals surface area contributed by atoms with Gasteiger partial charge < -0.3 is 9.84 Å². The number of nitrogens with zero attached hydrogens (tertiary/aromatic N) is 1. The SMILES string of the molecule is Cc1nccc(O[C@H]2CC[C@H](C(C)C(=O)O)CC2)c1Cl. The lowest BCUT2D eigenvalue weighted by Gasteiger charge is -2.31. The van der Waals surface area contributed by atoms with Gasteiger partial charge in [0, 0.05) is 12.3 Å². The zero-order chi connectivity index (χ0) is 14.7. The predicted octanol–water partition coefficient (Wildman–Crippen LogP) is 3.70. The lowest BCUT2D eigenvalue weighted by atomic mass is 9.80. The minimum absolute atomic E-state index is 0.117. The Balaban J connectivity index is 1.92. The number of halogens is 1. The van der Waals surface area contributed by atoms with Gasteiger partial charge in [0.25, 0.3) is 0 Å². The molecule has 1 saturated carbocycles. The van der Waals surface area contributed by atoms with Crippen molar-refractivity contribution >= 4 is 17.6 Å². The number of ether oxygens (including phenoxy) is 1. The van der Waals surface area contributed by atoms with E-state index in [0.717, 1.165) is 31.4 Å². The van der Waals surface area contributed by atoms with Gasteiger partial charge in [-0.2, -0.15) is 0 Å². The molecule has 1 aromatic rings. The number of rotatable bonds is 4. The molecule has 110 valence electrons. The van der Waals surface area contributed by atoms with Crippen molar-refractivity contribution in [2.75, 3.05) is 0 Å². The van der Waals surface area contributed by atoms with Crippen LogP contribution in [-0.2, 0) is 4.79 Å². The van der Waals surface area contributed by atoms with E-state index in [0.29, 0.717) is 10.8 Å². The summed E-state index contributed by atoms with van der Waals surface area (Å²) in [6.45, 7) is 3.64. The van der Waals surface area contributed by atoms with Crippen LogP contribution in [0.2, 0.25) is 5.02 Å². The Morgan fingerprint density at radius 2 is 2.10 bits per heavy atom. The summed E-state index contributed by atoms with van der Waals surface area (Å²) in [6, 6.07) is 1.78. The minimum Gasteiger partial charge on any atom is -0.489 e. The van der Waals surface area contributed by atoms with Crippen molar-refractivity contribution in [1.82, 2.24) is 4.98 Å². The number of carboxylic acid groups (broad SMARTS) is 1. The van der Waals surface area contributed by atoms with Gasteiger partial charge in [-0.15, -0.1) is 0 Å². The zero-order valence-electron chi connectivity index (χ0n) is 11.8. The molecule has 0 bridgehead atoms. The average Bonchev–Trinajstić information content (AvgIpc) is 2.44. The molecule has 1 atom stereocenters. The van der Waals surface area contributed by atoms with Gasteiger partial charge in [-0.25, -0.2) is 0 Å². The fourth-order valence-corrected chi connectivity index (χ4v) is 2.86. The first-order valence-electron chi connectivity index (χ1n) is 6.99. The second-order valence-corrected chi connectivity index (χ2v) is 5.87. The topological polar surface area (TPSA) is 59.4 Å². The molecule has 0 aromatic carbocycles. The predicted molar refractivity (Wildman–Crippen MR) is 77.2 cm³/mol. The van der Waals surface area contributed by atoms with E-state index < -0.39 is 5.97 Å². The molecule has 1 fully saturated rings. The van der Waals surface area contributed by atoms with E-state index in [-0.39, 0.29) is 17.9 Å². The summed E-state index contributed by atoms with van der Waals surface area (Å²) >= 11 is 6.17. The van der Waals surface area contributed by atoms with Crippen molar-refractivity contribution in [3.05, 3.63) is 23.0 Å². The van der Waals surface area contributed by atoms with Gasteiger partial charge in [0.05, 0.1) is 17.7 Å². The van der Waals surface area contributed by atoms with Crippen LogP contribution in [0, 0.1) is 18.8 Å². The largest absolute Gasteiger partial charge is 0.489 e. The lowest BCUT2D eigenvalue weighted by molar-refractivity contribution is -0.143. The van der Waals surface area contributed by atoms with E-state index in [2.05, 4.69) is 4.98 Å². The molecule has 2 rings (SSSR count). The first-order chi connectivity index (χ1) is 9.49. The quantitative estimate of drug-likeness (QED) is 0.920. The van der Waals surface area contributed by atoms with Crippen LogP contribution >= 0.6 is 11.6 Å². The summed E-state index contributed by atoms with van der Waals surface area (Å²) < 4.78 is 5.94. The standard InChI is InChI=1S/C15H20ClNO3/c1-9(15(18)19)11-3-5-12(6-4-11)20-13-7-8-17-10(2)14(13)16/h7-9,11-12H,3-6H2,1-2H3,(H,18,19)/t9?,11-,12-.